The lowest BCUT2D eigenvalue weighted by Crippen LogP contribution is -2.42. The van der Waals surface area contributed by atoms with Crippen molar-refractivity contribution >= 4 is 17.9 Å². The minimum Gasteiger partial charge on any atom is -0.481 e. The number of aliphatic hydroxyl groups is 2. The van der Waals surface area contributed by atoms with E-state index in [1.54, 1.807) is 0 Å². The number of aromatic nitrogens is 2. The van der Waals surface area contributed by atoms with Gasteiger partial charge in [0.15, 0.2) is 17.1 Å². The average Bonchev–Trinajstić information content (AvgIpc) is 3.50. The second-order valence-electron chi connectivity index (χ2n) is 10.1. The molecule has 0 aliphatic carbocycles. The van der Waals surface area contributed by atoms with Crippen molar-refractivity contribution < 1.29 is 49.4 Å². The van der Waals surface area contributed by atoms with Crippen molar-refractivity contribution in [3.63, 3.8) is 0 Å². The zero-order valence-corrected chi connectivity index (χ0v) is 23.3. The fourth-order valence-corrected chi connectivity index (χ4v) is 4.37. The van der Waals surface area contributed by atoms with Gasteiger partial charge in [0.1, 0.15) is 0 Å². The highest BCUT2D eigenvalue weighted by Gasteiger charge is 2.40. The molecule has 2 aromatic carbocycles. The van der Waals surface area contributed by atoms with E-state index in [0.717, 1.165) is 35.8 Å². The standard InChI is InChI=1S/C23H27N3O3.C6H8O7/c1-17(27)12-25(13-20-8-9-22-23(10-20)29-16-28-22)15-21-11-24-26(18(21)2)14-19-6-4-3-5-7-19;7-3(8)1-6(13,5(11)12)2-4(9)10/h3-11,17,27H,12-16H2,1-2H3;13H,1-2H2,(H,7,8)(H,9,10)(H,11,12). The van der Waals surface area contributed by atoms with Crippen LogP contribution in [0.4, 0.5) is 0 Å². The Morgan fingerprint density at radius 3 is 2.21 bits per heavy atom. The molecule has 0 fully saturated rings. The lowest BCUT2D eigenvalue weighted by Gasteiger charge is -2.24. The van der Waals surface area contributed by atoms with Crippen LogP contribution in [0.2, 0.25) is 0 Å². The van der Waals surface area contributed by atoms with E-state index in [1.165, 1.54) is 11.1 Å². The third-order valence-electron chi connectivity index (χ3n) is 6.42. The molecule has 1 aliphatic rings. The molecule has 13 heteroatoms. The van der Waals surface area contributed by atoms with E-state index in [0.29, 0.717) is 13.1 Å². The maximum Gasteiger partial charge on any atom is 0.336 e. The molecule has 0 saturated carbocycles. The smallest absolute Gasteiger partial charge is 0.336 e. The molecular formula is C29H35N3O10. The summed E-state index contributed by atoms with van der Waals surface area (Å²) in [4.78, 5) is 32.7. The molecule has 1 aliphatic heterocycles. The van der Waals surface area contributed by atoms with Crippen LogP contribution in [0.5, 0.6) is 11.5 Å². The van der Waals surface area contributed by atoms with Gasteiger partial charge in [0.2, 0.25) is 6.79 Å². The van der Waals surface area contributed by atoms with Crippen LogP contribution in [-0.2, 0) is 34.0 Å². The number of carboxylic acid groups (broad SMARTS) is 3. The summed E-state index contributed by atoms with van der Waals surface area (Å²) in [7, 11) is 0. The minimum atomic E-state index is -2.74. The number of rotatable bonds is 13. The van der Waals surface area contributed by atoms with Crippen molar-refractivity contribution in [2.75, 3.05) is 13.3 Å². The zero-order chi connectivity index (χ0) is 30.9. The van der Waals surface area contributed by atoms with Gasteiger partial charge in [-0.3, -0.25) is 19.2 Å². The molecular weight excluding hydrogens is 550 g/mol. The molecule has 13 nitrogen and oxygen atoms in total. The van der Waals surface area contributed by atoms with E-state index < -0.39 is 42.5 Å². The van der Waals surface area contributed by atoms with Crippen LogP contribution in [0, 0.1) is 6.92 Å². The van der Waals surface area contributed by atoms with Gasteiger partial charge < -0.3 is 35.0 Å². The van der Waals surface area contributed by atoms with Crippen molar-refractivity contribution in [1.29, 1.82) is 0 Å². The Morgan fingerprint density at radius 1 is 0.976 bits per heavy atom. The van der Waals surface area contributed by atoms with Crippen LogP contribution in [0.3, 0.4) is 0 Å². The van der Waals surface area contributed by atoms with Gasteiger partial charge >= 0.3 is 17.9 Å². The topological polar surface area (TPSA) is 192 Å². The molecule has 1 unspecified atom stereocenters. The first-order chi connectivity index (χ1) is 19.9. The molecule has 0 bridgehead atoms. The summed E-state index contributed by atoms with van der Waals surface area (Å²) in [6, 6.07) is 16.4. The van der Waals surface area contributed by atoms with Crippen LogP contribution >= 0.6 is 0 Å². The Hall–Kier alpha value is -4.46. The Bertz CT molecular complexity index is 1360. The molecule has 226 valence electrons. The molecule has 2 heterocycles. The third kappa shape index (κ3) is 9.29. The summed E-state index contributed by atoms with van der Waals surface area (Å²) in [5.74, 6) is -3.45. The predicted molar refractivity (Wildman–Crippen MR) is 148 cm³/mol. The van der Waals surface area contributed by atoms with E-state index in [-0.39, 0.29) is 6.79 Å². The van der Waals surface area contributed by atoms with Crippen LogP contribution in [0.1, 0.15) is 42.1 Å². The predicted octanol–water partition coefficient (Wildman–Crippen LogP) is 2.10. The van der Waals surface area contributed by atoms with E-state index >= 15 is 0 Å². The third-order valence-corrected chi connectivity index (χ3v) is 6.42. The average molecular weight is 586 g/mol. The van der Waals surface area contributed by atoms with Gasteiger partial charge in [0, 0.05) is 30.9 Å². The van der Waals surface area contributed by atoms with Crippen LogP contribution in [0.25, 0.3) is 0 Å². The second kappa shape index (κ2) is 14.4. The van der Waals surface area contributed by atoms with Gasteiger partial charge in [-0.25, -0.2) is 4.79 Å². The zero-order valence-electron chi connectivity index (χ0n) is 23.3. The van der Waals surface area contributed by atoms with Gasteiger partial charge in [-0.05, 0) is 37.1 Å². The van der Waals surface area contributed by atoms with Gasteiger partial charge in [-0.1, -0.05) is 36.4 Å². The van der Waals surface area contributed by atoms with Crippen LogP contribution in [-0.4, -0.2) is 83.2 Å². The molecule has 4 rings (SSSR count). The molecule has 0 saturated heterocycles. The first-order valence-corrected chi connectivity index (χ1v) is 13.1. The van der Waals surface area contributed by atoms with Gasteiger partial charge in [0.05, 0.1) is 31.7 Å². The summed E-state index contributed by atoms with van der Waals surface area (Å²) in [6.45, 7) is 6.97. The Labute approximate surface area is 242 Å². The molecule has 0 spiro atoms. The second-order valence-corrected chi connectivity index (χ2v) is 10.1. The summed E-state index contributed by atoms with van der Waals surface area (Å²) in [6.07, 6.45) is -0.764. The summed E-state index contributed by atoms with van der Waals surface area (Å²) >= 11 is 0. The number of hydrogen-bond donors (Lipinski definition) is 5. The highest BCUT2D eigenvalue weighted by atomic mass is 16.7. The van der Waals surface area contributed by atoms with E-state index in [4.69, 9.17) is 29.9 Å². The fourth-order valence-electron chi connectivity index (χ4n) is 4.37. The Morgan fingerprint density at radius 2 is 1.62 bits per heavy atom. The van der Waals surface area contributed by atoms with Crippen molar-refractivity contribution in [3.8, 4) is 11.5 Å². The number of aliphatic hydroxyl groups excluding tert-OH is 1. The van der Waals surface area contributed by atoms with Crippen molar-refractivity contribution in [3.05, 3.63) is 77.1 Å². The lowest BCUT2D eigenvalue weighted by atomic mass is 9.96. The van der Waals surface area contributed by atoms with Crippen molar-refractivity contribution in [2.24, 2.45) is 0 Å². The van der Waals surface area contributed by atoms with Crippen LogP contribution < -0.4 is 9.47 Å². The number of carboxylic acids is 3. The SMILES string of the molecule is Cc1c(CN(Cc2ccc3c(c2)OCO3)CC(C)O)cnn1Cc1ccccc1.O=C(O)CC(O)(CC(=O)O)C(=O)O. The van der Waals surface area contributed by atoms with E-state index in [2.05, 4.69) is 29.1 Å². The molecule has 1 atom stereocenters. The number of nitrogens with zero attached hydrogens (tertiary/aromatic N) is 3. The Kier molecular flexibility index (Phi) is 11.0. The van der Waals surface area contributed by atoms with Gasteiger partial charge in [-0.15, -0.1) is 0 Å². The number of benzene rings is 2. The first-order valence-electron chi connectivity index (χ1n) is 13.1. The molecule has 42 heavy (non-hydrogen) atoms. The van der Waals surface area contributed by atoms with Gasteiger partial charge in [0.25, 0.3) is 0 Å². The maximum absolute atomic E-state index is 10.3. The Balaban J connectivity index is 0.000000316. The van der Waals surface area contributed by atoms with E-state index in [1.807, 2.05) is 54.2 Å². The summed E-state index contributed by atoms with van der Waals surface area (Å²) in [5, 5.41) is 48.4. The quantitative estimate of drug-likeness (QED) is 0.197. The number of hydrogen-bond acceptors (Lipinski definition) is 9. The normalized spacial score (nSPS) is 12.9. The number of ether oxygens (including phenoxy) is 2. The molecule has 5 N–H and O–H groups in total. The number of carbonyl (C=O) groups is 3. The fraction of sp³-hybridized carbons (Fsp3) is 0.379. The molecule has 1 aromatic heterocycles. The number of aliphatic carboxylic acids is 3. The largest absolute Gasteiger partial charge is 0.481 e. The number of fused-ring (bicyclic) bond motifs is 1. The highest BCUT2D eigenvalue weighted by Crippen LogP contribution is 2.33. The monoisotopic (exact) mass is 585 g/mol. The van der Waals surface area contributed by atoms with E-state index in [9.17, 15) is 19.5 Å². The first kappa shape index (κ1) is 32.1. The summed E-state index contributed by atoms with van der Waals surface area (Å²) in [5.41, 5.74) is 1.94. The van der Waals surface area contributed by atoms with Crippen molar-refractivity contribution in [1.82, 2.24) is 14.7 Å². The molecule has 3 aromatic rings. The highest BCUT2D eigenvalue weighted by molar-refractivity contribution is 5.88. The molecule has 0 radical (unpaired) electrons. The maximum atomic E-state index is 10.3. The minimum absolute atomic E-state index is 0.274. The van der Waals surface area contributed by atoms with Gasteiger partial charge in [-0.2, -0.15) is 5.10 Å². The lowest BCUT2D eigenvalue weighted by molar-refractivity contribution is -0.170. The summed E-state index contributed by atoms with van der Waals surface area (Å²) < 4.78 is 12.9. The van der Waals surface area contributed by atoms with Crippen molar-refractivity contribution in [2.45, 2.75) is 58.0 Å². The van der Waals surface area contributed by atoms with Crippen LogP contribution in [0.15, 0.2) is 54.7 Å². The molecule has 0 amide bonds.